The lowest BCUT2D eigenvalue weighted by Gasteiger charge is -2.25. The van der Waals surface area contributed by atoms with Crippen molar-refractivity contribution in [2.75, 3.05) is 4.90 Å². The summed E-state index contributed by atoms with van der Waals surface area (Å²) in [5, 5.41) is 0. The first kappa shape index (κ1) is 9.37. The van der Waals surface area contributed by atoms with Gasteiger partial charge in [0.1, 0.15) is 10.5 Å². The maximum absolute atomic E-state index is 5.94. The van der Waals surface area contributed by atoms with E-state index in [-0.39, 0.29) is 0 Å². The summed E-state index contributed by atoms with van der Waals surface area (Å²) in [5.41, 5.74) is 1.19. The Labute approximate surface area is 90.7 Å². The average molecular weight is 233 g/mol. The van der Waals surface area contributed by atoms with E-state index in [0.29, 0.717) is 6.04 Å². The smallest absolute Gasteiger partial charge is 0.108 e. The lowest BCUT2D eigenvalue weighted by Crippen LogP contribution is -2.29. The fraction of sp³-hybridized carbons (Fsp3) is 0.375. The van der Waals surface area contributed by atoms with E-state index in [9.17, 15) is 0 Å². The summed E-state index contributed by atoms with van der Waals surface area (Å²) in [6.45, 7) is 4.27. The molecular weight excluding hydrogens is 224 g/mol. The predicted octanol–water partition coefficient (Wildman–Crippen LogP) is 3.67. The molecule has 5 heteroatoms. The second-order valence-corrected chi connectivity index (χ2v) is 5.78. The number of nitrogens with zero attached hydrogens (tertiary/aromatic N) is 2. The zero-order chi connectivity index (χ0) is 9.42. The number of hydrogen-bond acceptors (Lipinski definition) is 4. The highest BCUT2D eigenvalue weighted by Gasteiger charge is 2.19. The normalized spacial score (nSPS) is 15.2. The molecule has 0 radical (unpaired) electrons. The Bertz CT molecular complexity index is 346. The molecule has 1 aliphatic rings. The molecule has 1 aromatic rings. The highest BCUT2D eigenvalue weighted by Crippen LogP contribution is 2.43. The average Bonchev–Trinajstić information content (AvgIpc) is 2.43. The zero-order valence-electron chi connectivity index (χ0n) is 7.32. The molecule has 13 heavy (non-hydrogen) atoms. The summed E-state index contributed by atoms with van der Waals surface area (Å²) in [7, 11) is 0. The Kier molecular flexibility index (Phi) is 2.53. The van der Waals surface area contributed by atoms with Crippen molar-refractivity contribution in [3.63, 3.8) is 0 Å². The van der Waals surface area contributed by atoms with Gasteiger partial charge in [-0.1, -0.05) is 11.6 Å². The molecule has 70 valence electrons. The van der Waals surface area contributed by atoms with Crippen LogP contribution in [-0.2, 0) is 0 Å². The second-order valence-electron chi connectivity index (χ2n) is 3.04. The van der Waals surface area contributed by atoms with E-state index in [1.54, 1.807) is 11.3 Å². The van der Waals surface area contributed by atoms with E-state index in [1.807, 2.05) is 12.4 Å². The van der Waals surface area contributed by atoms with Gasteiger partial charge in [0.25, 0.3) is 0 Å². The van der Waals surface area contributed by atoms with Crippen LogP contribution in [-0.4, -0.2) is 12.4 Å². The van der Waals surface area contributed by atoms with Gasteiger partial charge in [-0.3, -0.25) is 0 Å². The van der Waals surface area contributed by atoms with Gasteiger partial charge < -0.3 is 4.90 Å². The molecule has 0 fully saturated rings. The quantitative estimate of drug-likeness (QED) is 0.687. The lowest BCUT2D eigenvalue weighted by molar-refractivity contribution is 0.811. The molecule has 0 N–H and O–H groups in total. The monoisotopic (exact) mass is 232 g/mol. The third-order valence-corrected chi connectivity index (χ3v) is 3.89. The molecule has 2 heterocycles. The van der Waals surface area contributed by atoms with Crippen LogP contribution in [0.15, 0.2) is 14.7 Å². The molecule has 0 atom stereocenters. The van der Waals surface area contributed by atoms with E-state index < -0.39 is 0 Å². The molecule has 0 amide bonds. The van der Waals surface area contributed by atoms with Crippen molar-refractivity contribution in [3.8, 4) is 0 Å². The van der Waals surface area contributed by atoms with Crippen LogP contribution in [0.3, 0.4) is 0 Å². The van der Waals surface area contributed by atoms with Gasteiger partial charge in [-0.05, 0) is 19.9 Å². The van der Waals surface area contributed by atoms with Crippen LogP contribution < -0.4 is 4.90 Å². The highest BCUT2D eigenvalue weighted by molar-refractivity contribution is 8.00. The Morgan fingerprint density at radius 3 is 3.00 bits per heavy atom. The van der Waals surface area contributed by atoms with Crippen molar-refractivity contribution in [2.45, 2.75) is 24.1 Å². The maximum Gasteiger partial charge on any atom is 0.108 e. The molecule has 1 aromatic heterocycles. The largest absolute Gasteiger partial charge is 0.328 e. The number of hydrogen-bond donors (Lipinski definition) is 0. The van der Waals surface area contributed by atoms with Gasteiger partial charge >= 0.3 is 0 Å². The molecule has 2 rings (SSSR count). The first-order valence-corrected chi connectivity index (χ1v) is 5.93. The van der Waals surface area contributed by atoms with E-state index in [4.69, 9.17) is 11.6 Å². The number of anilines is 1. The molecule has 0 spiro atoms. The van der Waals surface area contributed by atoms with Gasteiger partial charge in [-0.15, -0.1) is 11.3 Å². The molecule has 2 nitrogen and oxygen atoms in total. The maximum atomic E-state index is 5.94. The molecule has 0 aromatic carbocycles. The van der Waals surface area contributed by atoms with Gasteiger partial charge in [0, 0.05) is 18.0 Å². The van der Waals surface area contributed by atoms with Gasteiger partial charge in [0.2, 0.25) is 0 Å². The van der Waals surface area contributed by atoms with Crippen LogP contribution in [0.5, 0.6) is 0 Å². The van der Waals surface area contributed by atoms with Crippen LogP contribution >= 0.6 is 34.9 Å². The summed E-state index contributed by atoms with van der Waals surface area (Å²) < 4.78 is 6.21. The summed E-state index contributed by atoms with van der Waals surface area (Å²) in [4.78, 5) is 2.13. The van der Waals surface area contributed by atoms with E-state index >= 15 is 0 Å². The highest BCUT2D eigenvalue weighted by atomic mass is 35.5. The lowest BCUT2D eigenvalue weighted by atomic mass is 10.3. The number of rotatable bonds is 1. The zero-order valence-corrected chi connectivity index (χ0v) is 9.71. The van der Waals surface area contributed by atoms with E-state index in [1.165, 1.54) is 21.8 Å². The fourth-order valence-electron chi connectivity index (χ4n) is 1.18. The van der Waals surface area contributed by atoms with Gasteiger partial charge in [-0.2, -0.15) is 0 Å². The first-order valence-electron chi connectivity index (χ1n) is 3.96. The number of thiophene rings is 1. The molecule has 0 unspecified atom stereocenters. The third-order valence-electron chi connectivity index (χ3n) is 1.79. The van der Waals surface area contributed by atoms with Crippen molar-refractivity contribution in [1.82, 2.24) is 0 Å². The van der Waals surface area contributed by atoms with Crippen molar-refractivity contribution >= 4 is 46.9 Å². The SMILES string of the molecule is CC(C)N1C=NSc2sc(Cl)cc21. The van der Waals surface area contributed by atoms with Crippen molar-refractivity contribution < 1.29 is 0 Å². The predicted molar refractivity (Wildman–Crippen MR) is 61.3 cm³/mol. The number of halogens is 1. The Morgan fingerprint density at radius 2 is 2.31 bits per heavy atom. The van der Waals surface area contributed by atoms with E-state index in [2.05, 4.69) is 23.1 Å². The van der Waals surface area contributed by atoms with E-state index in [0.717, 1.165) is 4.34 Å². The second kappa shape index (κ2) is 3.52. The van der Waals surface area contributed by atoms with Crippen LogP contribution in [0, 0.1) is 0 Å². The Hall–Kier alpha value is -0.190. The van der Waals surface area contributed by atoms with Crippen LogP contribution in [0.4, 0.5) is 5.69 Å². The van der Waals surface area contributed by atoms with Crippen LogP contribution in [0.2, 0.25) is 4.34 Å². The summed E-state index contributed by atoms with van der Waals surface area (Å²) in [6, 6.07) is 2.42. The van der Waals surface area contributed by atoms with Crippen LogP contribution in [0.25, 0.3) is 0 Å². The minimum absolute atomic E-state index is 0.425. The van der Waals surface area contributed by atoms with Crippen molar-refractivity contribution in [1.29, 1.82) is 0 Å². The van der Waals surface area contributed by atoms with Gasteiger partial charge in [0.15, 0.2) is 0 Å². The molecule has 0 saturated heterocycles. The molecule has 0 saturated carbocycles. The summed E-state index contributed by atoms with van der Waals surface area (Å²) in [5.74, 6) is 0. The summed E-state index contributed by atoms with van der Waals surface area (Å²) >= 11 is 9.02. The molecule has 0 bridgehead atoms. The summed E-state index contributed by atoms with van der Waals surface area (Å²) in [6.07, 6.45) is 1.86. The van der Waals surface area contributed by atoms with Gasteiger partial charge in [-0.25, -0.2) is 4.40 Å². The standard InChI is InChI=1S/C8H9ClN2S2/c1-5(2)11-4-10-13-8-6(11)3-7(9)12-8/h3-5H,1-2H3. The third kappa shape index (κ3) is 1.71. The minimum Gasteiger partial charge on any atom is -0.328 e. The Balaban J connectivity index is 2.41. The number of fused-ring (bicyclic) bond motifs is 1. The first-order chi connectivity index (χ1) is 6.18. The van der Waals surface area contributed by atoms with Crippen molar-refractivity contribution in [3.05, 3.63) is 10.4 Å². The van der Waals surface area contributed by atoms with Crippen LogP contribution in [0.1, 0.15) is 13.8 Å². The fourth-order valence-corrected chi connectivity index (χ4v) is 3.32. The molecule has 1 aliphatic heterocycles. The topological polar surface area (TPSA) is 15.6 Å². The molecular formula is C8H9ClN2S2. The van der Waals surface area contributed by atoms with Crippen molar-refractivity contribution in [2.24, 2.45) is 4.40 Å². The minimum atomic E-state index is 0.425. The molecule has 0 aliphatic carbocycles. The Morgan fingerprint density at radius 1 is 1.54 bits per heavy atom. The van der Waals surface area contributed by atoms with Gasteiger partial charge in [0.05, 0.1) is 10.0 Å².